The molecule has 0 bridgehead atoms. The number of hydrogen-bond acceptors (Lipinski definition) is 2. The monoisotopic (exact) mass is 185 g/mol. The van der Waals surface area contributed by atoms with Gasteiger partial charge in [0, 0.05) is 5.69 Å². The maximum Gasteiger partial charge on any atom is 0.126 e. The van der Waals surface area contributed by atoms with Gasteiger partial charge in [-0.25, -0.2) is 0 Å². The summed E-state index contributed by atoms with van der Waals surface area (Å²) in [5.41, 5.74) is 1.97. The first kappa shape index (κ1) is 8.75. The molecule has 0 aliphatic rings. The van der Waals surface area contributed by atoms with Crippen LogP contribution in [0.5, 0.6) is 0 Å². The van der Waals surface area contributed by atoms with Crippen molar-refractivity contribution in [2.24, 2.45) is 0 Å². The standard InChI is InChI=1S/C12H11NO/c1-10-4-2-5-11(13-10)7-8-12-6-3-9-14-12/h2-9H,1H3/b8-7+. The van der Waals surface area contributed by atoms with Crippen LogP contribution in [-0.2, 0) is 0 Å². The number of pyridine rings is 1. The SMILES string of the molecule is Cc1cccc(/C=C/c2ccco2)n1. The normalized spacial score (nSPS) is 10.9. The summed E-state index contributed by atoms with van der Waals surface area (Å²) in [4.78, 5) is 4.34. The Kier molecular flexibility index (Phi) is 2.45. The molecule has 0 aromatic carbocycles. The van der Waals surface area contributed by atoms with Gasteiger partial charge in [-0.3, -0.25) is 4.98 Å². The van der Waals surface area contributed by atoms with Crippen molar-refractivity contribution in [3.8, 4) is 0 Å². The summed E-state index contributed by atoms with van der Waals surface area (Å²) in [5.74, 6) is 0.841. The van der Waals surface area contributed by atoms with Crippen LogP contribution in [0.15, 0.2) is 41.0 Å². The summed E-state index contributed by atoms with van der Waals surface area (Å²) in [6, 6.07) is 9.70. The molecule has 2 aromatic rings. The van der Waals surface area contributed by atoms with Crippen molar-refractivity contribution in [3.63, 3.8) is 0 Å². The Labute approximate surface area is 82.9 Å². The van der Waals surface area contributed by atoms with Crippen LogP contribution in [0, 0.1) is 6.92 Å². The van der Waals surface area contributed by atoms with Crippen molar-refractivity contribution in [1.29, 1.82) is 0 Å². The van der Waals surface area contributed by atoms with Crippen LogP contribution in [0.1, 0.15) is 17.1 Å². The Morgan fingerprint density at radius 1 is 1.14 bits per heavy atom. The lowest BCUT2D eigenvalue weighted by molar-refractivity contribution is 0.557. The van der Waals surface area contributed by atoms with E-state index in [4.69, 9.17) is 4.42 Å². The van der Waals surface area contributed by atoms with Crippen molar-refractivity contribution < 1.29 is 4.42 Å². The molecule has 70 valence electrons. The maximum atomic E-state index is 5.17. The van der Waals surface area contributed by atoms with Crippen molar-refractivity contribution >= 4 is 12.2 Å². The molecule has 2 nitrogen and oxygen atoms in total. The molecule has 0 fully saturated rings. The summed E-state index contributed by atoms with van der Waals surface area (Å²) in [6.07, 6.45) is 5.50. The zero-order chi connectivity index (χ0) is 9.80. The van der Waals surface area contributed by atoms with Crippen LogP contribution in [0.4, 0.5) is 0 Å². The van der Waals surface area contributed by atoms with E-state index in [0.717, 1.165) is 17.1 Å². The molecule has 0 unspecified atom stereocenters. The highest BCUT2D eigenvalue weighted by Crippen LogP contribution is 2.07. The predicted molar refractivity (Wildman–Crippen MR) is 56.6 cm³/mol. The fraction of sp³-hybridized carbons (Fsp3) is 0.0833. The number of aromatic nitrogens is 1. The second kappa shape index (κ2) is 3.92. The highest BCUT2D eigenvalue weighted by atomic mass is 16.3. The van der Waals surface area contributed by atoms with E-state index in [1.54, 1.807) is 6.26 Å². The summed E-state index contributed by atoms with van der Waals surface area (Å²) in [6.45, 7) is 1.98. The summed E-state index contributed by atoms with van der Waals surface area (Å²) in [7, 11) is 0. The number of aryl methyl sites for hydroxylation is 1. The van der Waals surface area contributed by atoms with Crippen LogP contribution in [-0.4, -0.2) is 4.98 Å². The quantitative estimate of drug-likeness (QED) is 0.718. The summed E-state index contributed by atoms with van der Waals surface area (Å²) in [5, 5.41) is 0. The van der Waals surface area contributed by atoms with Crippen LogP contribution in [0.2, 0.25) is 0 Å². The van der Waals surface area contributed by atoms with E-state index in [9.17, 15) is 0 Å². The Balaban J connectivity index is 2.18. The van der Waals surface area contributed by atoms with Gasteiger partial charge < -0.3 is 4.42 Å². The third-order valence-corrected chi connectivity index (χ3v) is 1.87. The van der Waals surface area contributed by atoms with Crippen molar-refractivity contribution in [2.45, 2.75) is 6.92 Å². The summed E-state index contributed by atoms with van der Waals surface area (Å²) < 4.78 is 5.17. The van der Waals surface area contributed by atoms with E-state index in [0.29, 0.717) is 0 Å². The van der Waals surface area contributed by atoms with Gasteiger partial charge in [-0.1, -0.05) is 6.07 Å². The van der Waals surface area contributed by atoms with Gasteiger partial charge in [-0.05, 0) is 43.3 Å². The Morgan fingerprint density at radius 2 is 2.07 bits per heavy atom. The van der Waals surface area contributed by atoms with Crippen molar-refractivity contribution in [1.82, 2.24) is 4.98 Å². The minimum absolute atomic E-state index is 0.841. The molecule has 0 N–H and O–H groups in total. The van der Waals surface area contributed by atoms with E-state index in [-0.39, 0.29) is 0 Å². The molecule has 2 heterocycles. The number of hydrogen-bond donors (Lipinski definition) is 0. The second-order valence-electron chi connectivity index (χ2n) is 3.05. The molecule has 2 aromatic heterocycles. The Bertz CT molecular complexity index is 429. The second-order valence-corrected chi connectivity index (χ2v) is 3.05. The predicted octanol–water partition coefficient (Wildman–Crippen LogP) is 3.15. The fourth-order valence-corrected chi connectivity index (χ4v) is 1.21. The highest BCUT2D eigenvalue weighted by molar-refractivity contribution is 5.65. The number of furan rings is 1. The van der Waals surface area contributed by atoms with E-state index in [2.05, 4.69) is 4.98 Å². The topological polar surface area (TPSA) is 26.0 Å². The molecule has 0 aliphatic heterocycles. The molecule has 0 aliphatic carbocycles. The van der Waals surface area contributed by atoms with Gasteiger partial charge in [0.15, 0.2) is 0 Å². The molecular weight excluding hydrogens is 174 g/mol. The molecule has 0 spiro atoms. The van der Waals surface area contributed by atoms with Gasteiger partial charge in [-0.2, -0.15) is 0 Å². The Hall–Kier alpha value is -1.83. The molecule has 0 radical (unpaired) electrons. The van der Waals surface area contributed by atoms with Crippen molar-refractivity contribution in [2.75, 3.05) is 0 Å². The molecule has 0 amide bonds. The zero-order valence-electron chi connectivity index (χ0n) is 7.97. The van der Waals surface area contributed by atoms with E-state index in [1.807, 2.05) is 49.4 Å². The van der Waals surface area contributed by atoms with Crippen LogP contribution in [0.25, 0.3) is 12.2 Å². The molecular formula is C12H11NO. The zero-order valence-corrected chi connectivity index (χ0v) is 7.97. The molecule has 2 rings (SSSR count). The highest BCUT2D eigenvalue weighted by Gasteiger charge is 1.90. The van der Waals surface area contributed by atoms with E-state index >= 15 is 0 Å². The van der Waals surface area contributed by atoms with E-state index < -0.39 is 0 Å². The first-order chi connectivity index (χ1) is 6.84. The average molecular weight is 185 g/mol. The fourth-order valence-electron chi connectivity index (χ4n) is 1.21. The molecule has 0 atom stereocenters. The molecule has 0 saturated heterocycles. The lowest BCUT2D eigenvalue weighted by Crippen LogP contribution is -1.82. The maximum absolute atomic E-state index is 5.17. The summed E-state index contributed by atoms with van der Waals surface area (Å²) >= 11 is 0. The van der Waals surface area contributed by atoms with Crippen molar-refractivity contribution in [3.05, 3.63) is 53.7 Å². The van der Waals surface area contributed by atoms with E-state index in [1.165, 1.54) is 0 Å². The van der Waals surface area contributed by atoms with Crippen LogP contribution in [0.3, 0.4) is 0 Å². The molecule has 0 saturated carbocycles. The molecule has 14 heavy (non-hydrogen) atoms. The minimum atomic E-state index is 0.841. The molecule has 2 heteroatoms. The third-order valence-electron chi connectivity index (χ3n) is 1.87. The van der Waals surface area contributed by atoms with Gasteiger partial charge in [0.2, 0.25) is 0 Å². The third kappa shape index (κ3) is 2.10. The average Bonchev–Trinajstić information content (AvgIpc) is 2.67. The lowest BCUT2D eigenvalue weighted by Gasteiger charge is -1.93. The lowest BCUT2D eigenvalue weighted by atomic mass is 10.3. The first-order valence-corrected chi connectivity index (χ1v) is 4.50. The van der Waals surface area contributed by atoms with Gasteiger partial charge in [0.05, 0.1) is 12.0 Å². The Morgan fingerprint density at radius 3 is 2.79 bits per heavy atom. The minimum Gasteiger partial charge on any atom is -0.465 e. The van der Waals surface area contributed by atoms with Crippen LogP contribution >= 0.6 is 0 Å². The van der Waals surface area contributed by atoms with Crippen LogP contribution < -0.4 is 0 Å². The number of nitrogens with zero attached hydrogens (tertiary/aromatic N) is 1. The largest absolute Gasteiger partial charge is 0.465 e. The van der Waals surface area contributed by atoms with Gasteiger partial charge in [0.25, 0.3) is 0 Å². The first-order valence-electron chi connectivity index (χ1n) is 4.50. The smallest absolute Gasteiger partial charge is 0.126 e. The van der Waals surface area contributed by atoms with Gasteiger partial charge in [0.1, 0.15) is 5.76 Å². The van der Waals surface area contributed by atoms with Gasteiger partial charge >= 0.3 is 0 Å². The number of rotatable bonds is 2. The van der Waals surface area contributed by atoms with Gasteiger partial charge in [-0.15, -0.1) is 0 Å².